The van der Waals surface area contributed by atoms with Gasteiger partial charge in [0.2, 0.25) is 0 Å². The van der Waals surface area contributed by atoms with Crippen LogP contribution >= 0.6 is 0 Å². The van der Waals surface area contributed by atoms with Crippen LogP contribution in [0.4, 0.5) is 0 Å². The zero-order chi connectivity index (χ0) is 6.69. The molecule has 0 aromatic heterocycles. The highest BCUT2D eigenvalue weighted by molar-refractivity contribution is 4.91. The summed E-state index contributed by atoms with van der Waals surface area (Å²) in [5.74, 6) is 0. The molecule has 1 aliphatic heterocycles. The molecule has 1 heterocycles. The number of ether oxygens (including phenoxy) is 1. The highest BCUT2D eigenvalue weighted by Crippen LogP contribution is 2.00. The second-order valence-electron chi connectivity index (χ2n) is 2.20. The third-order valence-corrected chi connectivity index (χ3v) is 1.55. The summed E-state index contributed by atoms with van der Waals surface area (Å²) in [7, 11) is 1.94. The molecule has 1 rings (SSSR count). The summed E-state index contributed by atoms with van der Waals surface area (Å²) in [4.78, 5) is 2.00. The minimum absolute atomic E-state index is 0.0289. The summed E-state index contributed by atoms with van der Waals surface area (Å²) in [6.07, 6.45) is 0. The predicted octanol–water partition coefficient (Wildman–Crippen LogP) is -0.159. The third kappa shape index (κ3) is 1.41. The zero-order valence-corrected chi connectivity index (χ0v) is 5.50. The zero-order valence-electron chi connectivity index (χ0n) is 5.50. The lowest BCUT2D eigenvalue weighted by atomic mass is 10.3. The minimum atomic E-state index is -0.0289. The van der Waals surface area contributed by atoms with Crippen molar-refractivity contribution >= 4 is 0 Å². The Bertz CT molecular complexity index is 130. The van der Waals surface area contributed by atoms with Gasteiger partial charge in [-0.1, -0.05) is 0 Å². The van der Waals surface area contributed by atoms with Crippen molar-refractivity contribution in [1.29, 1.82) is 5.26 Å². The fourth-order valence-electron chi connectivity index (χ4n) is 0.822. The Morgan fingerprint density at radius 2 is 2.56 bits per heavy atom. The Balaban J connectivity index is 2.41. The van der Waals surface area contributed by atoms with E-state index in [1.54, 1.807) is 0 Å². The SMILES string of the molecule is CN1CCOC[C@H]1C#N. The van der Waals surface area contributed by atoms with E-state index in [1.807, 2.05) is 11.9 Å². The summed E-state index contributed by atoms with van der Waals surface area (Å²) < 4.78 is 5.08. The maximum atomic E-state index is 8.49. The van der Waals surface area contributed by atoms with Crippen molar-refractivity contribution in [3.63, 3.8) is 0 Å². The average Bonchev–Trinajstić information content (AvgIpc) is 1.89. The molecule has 0 amide bonds. The van der Waals surface area contributed by atoms with E-state index in [0.29, 0.717) is 6.61 Å². The summed E-state index contributed by atoms with van der Waals surface area (Å²) in [6.45, 7) is 2.19. The van der Waals surface area contributed by atoms with Crippen molar-refractivity contribution in [3.05, 3.63) is 0 Å². The summed E-state index contributed by atoms with van der Waals surface area (Å²) in [5.41, 5.74) is 0. The van der Waals surface area contributed by atoms with E-state index in [9.17, 15) is 0 Å². The van der Waals surface area contributed by atoms with Gasteiger partial charge in [0, 0.05) is 6.54 Å². The van der Waals surface area contributed by atoms with Gasteiger partial charge in [0.05, 0.1) is 19.3 Å². The van der Waals surface area contributed by atoms with Crippen LogP contribution in [0.5, 0.6) is 0 Å². The van der Waals surface area contributed by atoms with Crippen molar-refractivity contribution in [1.82, 2.24) is 4.90 Å². The van der Waals surface area contributed by atoms with Crippen LogP contribution in [0.1, 0.15) is 0 Å². The van der Waals surface area contributed by atoms with Gasteiger partial charge in [0.25, 0.3) is 0 Å². The van der Waals surface area contributed by atoms with Crippen molar-refractivity contribution in [2.45, 2.75) is 6.04 Å². The maximum absolute atomic E-state index is 8.49. The van der Waals surface area contributed by atoms with E-state index in [1.165, 1.54) is 0 Å². The van der Waals surface area contributed by atoms with Crippen molar-refractivity contribution in [2.24, 2.45) is 0 Å². The van der Waals surface area contributed by atoms with Gasteiger partial charge in [-0.3, -0.25) is 4.90 Å². The molecule has 0 aromatic carbocycles. The number of nitrogens with zero attached hydrogens (tertiary/aromatic N) is 2. The van der Waals surface area contributed by atoms with Crippen LogP contribution in [0.3, 0.4) is 0 Å². The Kier molecular flexibility index (Phi) is 2.04. The first-order chi connectivity index (χ1) is 4.34. The number of likely N-dealkylation sites (N-methyl/N-ethyl adjacent to an activating group) is 1. The van der Waals surface area contributed by atoms with Gasteiger partial charge < -0.3 is 4.74 Å². The van der Waals surface area contributed by atoms with Gasteiger partial charge in [0.15, 0.2) is 0 Å². The van der Waals surface area contributed by atoms with Gasteiger partial charge in [0.1, 0.15) is 6.04 Å². The molecule has 0 saturated carbocycles. The van der Waals surface area contributed by atoms with Gasteiger partial charge in [-0.05, 0) is 7.05 Å². The largest absolute Gasteiger partial charge is 0.377 e. The number of rotatable bonds is 0. The molecule has 0 N–H and O–H groups in total. The molecular weight excluding hydrogens is 116 g/mol. The third-order valence-electron chi connectivity index (χ3n) is 1.55. The Labute approximate surface area is 54.8 Å². The maximum Gasteiger partial charge on any atom is 0.121 e. The highest BCUT2D eigenvalue weighted by atomic mass is 16.5. The number of hydrogen-bond acceptors (Lipinski definition) is 3. The molecule has 1 saturated heterocycles. The Morgan fingerprint density at radius 3 is 3.00 bits per heavy atom. The molecular formula is C6H10N2O. The lowest BCUT2D eigenvalue weighted by molar-refractivity contribution is 0.0260. The second-order valence-corrected chi connectivity index (χ2v) is 2.20. The van der Waals surface area contributed by atoms with Crippen LogP contribution in [-0.4, -0.2) is 37.7 Å². The molecule has 3 nitrogen and oxygen atoms in total. The molecule has 0 spiro atoms. The van der Waals surface area contributed by atoms with Gasteiger partial charge in [-0.2, -0.15) is 5.26 Å². The summed E-state index contributed by atoms with van der Waals surface area (Å²) in [6, 6.07) is 2.13. The molecule has 50 valence electrons. The smallest absolute Gasteiger partial charge is 0.121 e. The van der Waals surface area contributed by atoms with Crippen LogP contribution in [0.2, 0.25) is 0 Å². The monoisotopic (exact) mass is 126 g/mol. The fraction of sp³-hybridized carbons (Fsp3) is 0.833. The fourth-order valence-corrected chi connectivity index (χ4v) is 0.822. The van der Waals surface area contributed by atoms with E-state index >= 15 is 0 Å². The quantitative estimate of drug-likeness (QED) is 0.452. The van der Waals surface area contributed by atoms with Crippen molar-refractivity contribution < 1.29 is 4.74 Å². The first-order valence-electron chi connectivity index (χ1n) is 3.02. The molecule has 3 heteroatoms. The van der Waals surface area contributed by atoms with E-state index < -0.39 is 0 Å². The van der Waals surface area contributed by atoms with Gasteiger partial charge >= 0.3 is 0 Å². The molecule has 0 aliphatic carbocycles. The lowest BCUT2D eigenvalue weighted by Crippen LogP contribution is -2.41. The normalized spacial score (nSPS) is 29.6. The second kappa shape index (κ2) is 2.81. The highest BCUT2D eigenvalue weighted by Gasteiger charge is 2.17. The molecule has 0 bridgehead atoms. The standard InChI is InChI=1S/C6H10N2O/c1-8-2-3-9-5-6(8)4-7/h6H,2-3,5H2,1H3/t6-/m1/s1. The first kappa shape index (κ1) is 6.53. The molecule has 9 heavy (non-hydrogen) atoms. The van der Waals surface area contributed by atoms with Crippen LogP contribution < -0.4 is 0 Å². The number of hydrogen-bond donors (Lipinski definition) is 0. The van der Waals surface area contributed by atoms with E-state index in [4.69, 9.17) is 10.00 Å². The molecule has 1 aliphatic rings. The molecule has 0 aromatic rings. The molecule has 1 fully saturated rings. The average molecular weight is 126 g/mol. The lowest BCUT2D eigenvalue weighted by Gasteiger charge is -2.26. The topological polar surface area (TPSA) is 36.3 Å². The van der Waals surface area contributed by atoms with Crippen LogP contribution in [0.15, 0.2) is 0 Å². The summed E-state index contributed by atoms with van der Waals surface area (Å²) >= 11 is 0. The molecule has 0 unspecified atom stereocenters. The van der Waals surface area contributed by atoms with E-state index in [0.717, 1.165) is 13.2 Å². The van der Waals surface area contributed by atoms with Crippen LogP contribution in [-0.2, 0) is 4.74 Å². The van der Waals surface area contributed by atoms with E-state index in [-0.39, 0.29) is 6.04 Å². The van der Waals surface area contributed by atoms with Gasteiger partial charge in [-0.15, -0.1) is 0 Å². The number of nitriles is 1. The first-order valence-corrected chi connectivity index (χ1v) is 3.02. The summed E-state index contributed by atoms with van der Waals surface area (Å²) in [5, 5.41) is 8.49. The predicted molar refractivity (Wildman–Crippen MR) is 32.8 cm³/mol. The van der Waals surface area contributed by atoms with Crippen LogP contribution in [0.25, 0.3) is 0 Å². The van der Waals surface area contributed by atoms with E-state index in [2.05, 4.69) is 6.07 Å². The Hall–Kier alpha value is -0.590. The number of morpholine rings is 1. The molecule has 0 radical (unpaired) electrons. The van der Waals surface area contributed by atoms with Crippen molar-refractivity contribution in [3.8, 4) is 6.07 Å². The molecule has 1 atom stereocenters. The van der Waals surface area contributed by atoms with Crippen molar-refractivity contribution in [2.75, 3.05) is 26.8 Å². The van der Waals surface area contributed by atoms with Crippen LogP contribution in [0, 0.1) is 11.3 Å². The minimum Gasteiger partial charge on any atom is -0.377 e. The Morgan fingerprint density at radius 1 is 1.78 bits per heavy atom. The van der Waals surface area contributed by atoms with Gasteiger partial charge in [-0.25, -0.2) is 0 Å².